The third-order valence-corrected chi connectivity index (χ3v) is 4.44. The van der Waals surface area contributed by atoms with E-state index in [0.29, 0.717) is 10.0 Å². The Morgan fingerprint density at radius 2 is 2.00 bits per heavy atom. The summed E-state index contributed by atoms with van der Waals surface area (Å²) in [6.45, 7) is 6.21. The van der Waals surface area contributed by atoms with E-state index in [0.717, 1.165) is 28.6 Å². The van der Waals surface area contributed by atoms with E-state index in [1.165, 1.54) is 0 Å². The maximum atomic E-state index is 6.21. The first-order valence-electron chi connectivity index (χ1n) is 5.83. The van der Waals surface area contributed by atoms with E-state index in [-0.39, 0.29) is 5.54 Å². The van der Waals surface area contributed by atoms with Gasteiger partial charge in [-0.15, -0.1) is 0 Å². The Bertz CT molecular complexity index is 498. The average Bonchev–Trinajstić information content (AvgIpc) is 2.24. The van der Waals surface area contributed by atoms with Gasteiger partial charge in [0.25, 0.3) is 0 Å². The number of amidine groups is 1. The van der Waals surface area contributed by atoms with Crippen molar-refractivity contribution in [1.29, 1.82) is 0 Å². The SMILES string of the molecule is Cc1cc(Cl)c(NC2=NC(C)(C)CCS2)cc1Cl. The quantitative estimate of drug-likeness (QED) is 0.790. The second-order valence-electron chi connectivity index (χ2n) is 5.03. The van der Waals surface area contributed by atoms with Crippen LogP contribution >= 0.6 is 35.0 Å². The minimum atomic E-state index is -0.00541. The molecule has 98 valence electrons. The summed E-state index contributed by atoms with van der Waals surface area (Å²) >= 11 is 14.0. The summed E-state index contributed by atoms with van der Waals surface area (Å²) in [6.07, 6.45) is 1.09. The molecule has 2 rings (SSSR count). The Morgan fingerprint density at radius 3 is 2.67 bits per heavy atom. The molecule has 2 nitrogen and oxygen atoms in total. The molecule has 1 heterocycles. The van der Waals surface area contributed by atoms with Gasteiger partial charge in [0, 0.05) is 10.8 Å². The van der Waals surface area contributed by atoms with Crippen LogP contribution in [0.2, 0.25) is 10.0 Å². The summed E-state index contributed by atoms with van der Waals surface area (Å²) in [5.74, 6) is 1.07. The number of thioether (sulfide) groups is 1. The molecule has 1 aliphatic rings. The molecule has 1 aliphatic heterocycles. The van der Waals surface area contributed by atoms with Gasteiger partial charge in [-0.2, -0.15) is 0 Å². The highest BCUT2D eigenvalue weighted by Crippen LogP contribution is 2.32. The Balaban J connectivity index is 2.24. The molecule has 0 atom stereocenters. The molecule has 0 aliphatic carbocycles. The second kappa shape index (κ2) is 5.32. The first-order valence-corrected chi connectivity index (χ1v) is 7.57. The van der Waals surface area contributed by atoms with E-state index in [4.69, 9.17) is 23.2 Å². The van der Waals surface area contributed by atoms with Crippen molar-refractivity contribution in [3.8, 4) is 0 Å². The molecule has 0 fully saturated rings. The van der Waals surface area contributed by atoms with E-state index < -0.39 is 0 Å². The summed E-state index contributed by atoms with van der Waals surface area (Å²) in [5, 5.41) is 5.56. The molecule has 0 radical (unpaired) electrons. The number of hydrogen-bond acceptors (Lipinski definition) is 3. The molecule has 0 saturated carbocycles. The maximum Gasteiger partial charge on any atom is 0.161 e. The predicted octanol–water partition coefficient (Wildman–Crippen LogP) is 4.99. The van der Waals surface area contributed by atoms with E-state index in [9.17, 15) is 0 Å². The molecule has 18 heavy (non-hydrogen) atoms. The van der Waals surface area contributed by atoms with Gasteiger partial charge in [-0.05, 0) is 44.9 Å². The topological polar surface area (TPSA) is 24.4 Å². The van der Waals surface area contributed by atoms with Crippen LogP contribution in [-0.4, -0.2) is 16.5 Å². The lowest BCUT2D eigenvalue weighted by Crippen LogP contribution is -2.27. The molecule has 1 aromatic rings. The first-order chi connectivity index (χ1) is 8.37. The van der Waals surface area contributed by atoms with Crippen LogP contribution in [0.1, 0.15) is 25.8 Å². The molecule has 0 spiro atoms. The lowest BCUT2D eigenvalue weighted by Gasteiger charge is -2.26. The van der Waals surface area contributed by atoms with Crippen LogP contribution in [-0.2, 0) is 0 Å². The van der Waals surface area contributed by atoms with Crippen LogP contribution in [0.5, 0.6) is 0 Å². The third-order valence-electron chi connectivity index (χ3n) is 2.85. The highest BCUT2D eigenvalue weighted by molar-refractivity contribution is 8.14. The van der Waals surface area contributed by atoms with Gasteiger partial charge in [0.1, 0.15) is 0 Å². The number of aliphatic imine (C=N–C) groups is 1. The zero-order valence-electron chi connectivity index (χ0n) is 10.7. The first kappa shape index (κ1) is 14.0. The number of nitrogens with zero attached hydrogens (tertiary/aromatic N) is 1. The van der Waals surface area contributed by atoms with Crippen LogP contribution in [0, 0.1) is 6.92 Å². The molecule has 1 aromatic carbocycles. The molecular weight excluding hydrogens is 287 g/mol. The summed E-state index contributed by atoms with van der Waals surface area (Å²) in [7, 11) is 0. The Hall–Kier alpha value is -0.380. The van der Waals surface area contributed by atoms with Crippen LogP contribution in [0.4, 0.5) is 5.69 Å². The number of halogens is 2. The summed E-state index contributed by atoms with van der Waals surface area (Å²) in [5.41, 5.74) is 1.79. The summed E-state index contributed by atoms with van der Waals surface area (Å²) in [4.78, 5) is 4.67. The minimum Gasteiger partial charge on any atom is -0.334 e. The van der Waals surface area contributed by atoms with Crippen molar-refractivity contribution in [2.24, 2.45) is 4.99 Å². The van der Waals surface area contributed by atoms with Crippen molar-refractivity contribution in [1.82, 2.24) is 0 Å². The Kier molecular flexibility index (Phi) is 4.15. The molecule has 0 saturated heterocycles. The monoisotopic (exact) mass is 302 g/mol. The highest BCUT2D eigenvalue weighted by atomic mass is 35.5. The van der Waals surface area contributed by atoms with Crippen molar-refractivity contribution in [3.63, 3.8) is 0 Å². The zero-order chi connectivity index (χ0) is 13.3. The summed E-state index contributed by atoms with van der Waals surface area (Å²) < 4.78 is 0. The van der Waals surface area contributed by atoms with Gasteiger partial charge in [-0.1, -0.05) is 35.0 Å². The van der Waals surface area contributed by atoms with E-state index in [1.54, 1.807) is 11.8 Å². The molecule has 0 unspecified atom stereocenters. The third kappa shape index (κ3) is 3.34. The van der Waals surface area contributed by atoms with Crippen LogP contribution in [0.15, 0.2) is 17.1 Å². The van der Waals surface area contributed by atoms with Crippen molar-refractivity contribution in [2.45, 2.75) is 32.7 Å². The van der Waals surface area contributed by atoms with Crippen LogP contribution < -0.4 is 5.32 Å². The van der Waals surface area contributed by atoms with E-state index in [2.05, 4.69) is 24.2 Å². The van der Waals surface area contributed by atoms with Crippen molar-refractivity contribution < 1.29 is 0 Å². The predicted molar refractivity (Wildman–Crippen MR) is 83.4 cm³/mol. The fraction of sp³-hybridized carbons (Fsp3) is 0.462. The van der Waals surface area contributed by atoms with Gasteiger partial charge in [0.2, 0.25) is 0 Å². The Morgan fingerprint density at radius 1 is 1.28 bits per heavy atom. The number of benzene rings is 1. The molecule has 0 aromatic heterocycles. The normalized spacial score (nSPS) is 18.4. The summed E-state index contributed by atoms with van der Waals surface area (Å²) in [6, 6.07) is 3.72. The smallest absolute Gasteiger partial charge is 0.161 e. The number of aryl methyl sites for hydroxylation is 1. The number of rotatable bonds is 1. The zero-order valence-corrected chi connectivity index (χ0v) is 13.0. The number of hydrogen-bond donors (Lipinski definition) is 1. The van der Waals surface area contributed by atoms with Gasteiger partial charge in [-0.3, -0.25) is 4.99 Å². The number of anilines is 1. The van der Waals surface area contributed by atoms with Gasteiger partial charge >= 0.3 is 0 Å². The standard InChI is InChI=1S/C13H16Cl2N2S/c1-8-6-10(15)11(7-9(8)14)16-12-17-13(2,3)4-5-18-12/h6-7H,4-5H2,1-3H3,(H,16,17). The molecule has 1 N–H and O–H groups in total. The van der Waals surface area contributed by atoms with Crippen LogP contribution in [0.25, 0.3) is 0 Å². The van der Waals surface area contributed by atoms with Crippen molar-refractivity contribution in [2.75, 3.05) is 11.1 Å². The average molecular weight is 303 g/mol. The number of nitrogens with one attached hydrogen (secondary N) is 1. The molecule has 0 amide bonds. The lowest BCUT2D eigenvalue weighted by molar-refractivity contribution is 0.507. The fourth-order valence-electron chi connectivity index (χ4n) is 1.68. The molecule has 0 bridgehead atoms. The maximum absolute atomic E-state index is 6.21. The minimum absolute atomic E-state index is 0.00541. The second-order valence-corrected chi connectivity index (χ2v) is 6.93. The van der Waals surface area contributed by atoms with Crippen LogP contribution in [0.3, 0.4) is 0 Å². The van der Waals surface area contributed by atoms with Gasteiger partial charge in [-0.25, -0.2) is 0 Å². The van der Waals surface area contributed by atoms with Gasteiger partial charge in [0.15, 0.2) is 5.17 Å². The van der Waals surface area contributed by atoms with Crippen molar-refractivity contribution in [3.05, 3.63) is 27.7 Å². The highest BCUT2D eigenvalue weighted by Gasteiger charge is 2.22. The Labute approximate surface area is 122 Å². The lowest BCUT2D eigenvalue weighted by atomic mass is 10.0. The van der Waals surface area contributed by atoms with Gasteiger partial charge < -0.3 is 5.32 Å². The molecular formula is C13H16Cl2N2S. The van der Waals surface area contributed by atoms with E-state index in [1.807, 2.05) is 19.1 Å². The fourth-order valence-corrected chi connectivity index (χ4v) is 3.40. The largest absolute Gasteiger partial charge is 0.334 e. The van der Waals surface area contributed by atoms with Gasteiger partial charge in [0.05, 0.1) is 16.2 Å². The van der Waals surface area contributed by atoms with E-state index >= 15 is 0 Å². The molecule has 5 heteroatoms. The van der Waals surface area contributed by atoms with Crippen molar-refractivity contribution >= 4 is 45.8 Å².